The summed E-state index contributed by atoms with van der Waals surface area (Å²) in [6.07, 6.45) is -0.300. The Bertz CT molecular complexity index is 450. The largest absolute Gasteiger partial charge is 0.450 e. The van der Waals surface area contributed by atoms with E-state index in [0.29, 0.717) is 12.8 Å². The summed E-state index contributed by atoms with van der Waals surface area (Å²) < 4.78 is 48.1. The van der Waals surface area contributed by atoms with E-state index in [-0.39, 0.29) is 0 Å². The third-order valence-corrected chi connectivity index (χ3v) is 2.68. The molecule has 0 spiro atoms. The summed E-state index contributed by atoms with van der Waals surface area (Å²) in [4.78, 5) is 22.6. The predicted molar refractivity (Wildman–Crippen MR) is 52.3 cm³/mol. The van der Waals surface area contributed by atoms with Crippen molar-refractivity contribution < 1.29 is 32.2 Å². The Morgan fingerprint density at radius 2 is 1.94 bits per heavy atom. The lowest BCUT2D eigenvalue weighted by Gasteiger charge is -2.36. The topological polar surface area (TPSA) is 52.6 Å². The second-order valence-electron chi connectivity index (χ2n) is 3.87. The summed E-state index contributed by atoms with van der Waals surface area (Å²) in [7, 11) is 0. The first-order valence-corrected chi connectivity index (χ1v) is 5.21. The first-order chi connectivity index (χ1) is 8.38. The molecule has 98 valence electrons. The van der Waals surface area contributed by atoms with Gasteiger partial charge in [0.1, 0.15) is 0 Å². The summed E-state index contributed by atoms with van der Waals surface area (Å²) in [5.41, 5.74) is -3.72. The fourth-order valence-corrected chi connectivity index (χ4v) is 1.86. The van der Waals surface area contributed by atoms with Crippen LogP contribution in [0.15, 0.2) is 23.8 Å². The van der Waals surface area contributed by atoms with E-state index >= 15 is 0 Å². The lowest BCUT2D eigenvalue weighted by atomic mass is 9.88. The lowest BCUT2D eigenvalue weighted by Crippen LogP contribution is -2.60. The summed E-state index contributed by atoms with van der Waals surface area (Å²) in [5.74, 6) is -2.82. The molecule has 1 unspecified atom stereocenters. The van der Waals surface area contributed by atoms with Gasteiger partial charge in [0.25, 0.3) is 0 Å². The number of allylic oxidation sites excluding steroid dienone is 2. The molecular weight excluding hydrogens is 253 g/mol. The third-order valence-electron chi connectivity index (χ3n) is 2.68. The van der Waals surface area contributed by atoms with E-state index in [0.717, 1.165) is 6.08 Å². The number of hydrogen-bond donors (Lipinski definition) is 0. The molecule has 1 fully saturated rings. The molecule has 0 saturated carbocycles. The van der Waals surface area contributed by atoms with E-state index < -0.39 is 35.9 Å². The van der Waals surface area contributed by atoms with Crippen LogP contribution in [0.2, 0.25) is 0 Å². The van der Waals surface area contributed by atoms with Gasteiger partial charge in [0, 0.05) is 5.57 Å². The number of cyclic esters (lactones) is 2. The van der Waals surface area contributed by atoms with E-state index in [1.807, 2.05) is 0 Å². The zero-order valence-electron chi connectivity index (χ0n) is 9.12. The van der Waals surface area contributed by atoms with Crippen molar-refractivity contribution in [2.24, 2.45) is 0 Å². The predicted octanol–water partition coefficient (Wildman–Crippen LogP) is 1.66. The number of carbonyl (C=O) groups is 2. The van der Waals surface area contributed by atoms with Crippen molar-refractivity contribution >= 4 is 11.9 Å². The normalized spacial score (nSPS) is 28.5. The Hall–Kier alpha value is -1.79. The van der Waals surface area contributed by atoms with Gasteiger partial charge < -0.3 is 9.47 Å². The first kappa shape index (κ1) is 12.7. The fourth-order valence-electron chi connectivity index (χ4n) is 1.86. The van der Waals surface area contributed by atoms with E-state index in [1.54, 1.807) is 0 Å². The quantitative estimate of drug-likeness (QED) is 0.674. The SMILES string of the molecule is O=C1COC(=O)C(C2=CCCC=C2)(C(F)(F)F)O1. The van der Waals surface area contributed by atoms with Gasteiger partial charge in [-0.25, -0.2) is 9.59 Å². The first-order valence-electron chi connectivity index (χ1n) is 5.21. The van der Waals surface area contributed by atoms with E-state index in [4.69, 9.17) is 0 Å². The molecule has 2 aliphatic rings. The van der Waals surface area contributed by atoms with Crippen molar-refractivity contribution in [3.63, 3.8) is 0 Å². The van der Waals surface area contributed by atoms with Crippen LogP contribution in [0, 0.1) is 0 Å². The summed E-state index contributed by atoms with van der Waals surface area (Å²) in [6, 6.07) is 0. The molecule has 1 aliphatic heterocycles. The van der Waals surface area contributed by atoms with E-state index in [1.165, 1.54) is 12.2 Å². The van der Waals surface area contributed by atoms with Gasteiger partial charge in [-0.1, -0.05) is 18.2 Å². The average Bonchev–Trinajstić information content (AvgIpc) is 2.32. The molecule has 0 amide bonds. The molecular formula is C11H9F3O4. The molecule has 0 N–H and O–H groups in total. The number of rotatable bonds is 1. The number of carbonyl (C=O) groups excluding carboxylic acids is 2. The van der Waals surface area contributed by atoms with Crippen LogP contribution in [-0.2, 0) is 19.1 Å². The van der Waals surface area contributed by atoms with Crippen LogP contribution in [0.3, 0.4) is 0 Å². The number of esters is 2. The van der Waals surface area contributed by atoms with Crippen LogP contribution in [0.5, 0.6) is 0 Å². The smallest absolute Gasteiger partial charge is 0.444 e. The van der Waals surface area contributed by atoms with Gasteiger partial charge in [0.05, 0.1) is 0 Å². The number of hydrogen-bond acceptors (Lipinski definition) is 4. The van der Waals surface area contributed by atoms with Crippen molar-refractivity contribution in [2.45, 2.75) is 24.6 Å². The molecule has 1 aliphatic carbocycles. The highest BCUT2D eigenvalue weighted by Gasteiger charge is 2.68. The Morgan fingerprint density at radius 1 is 1.22 bits per heavy atom. The van der Waals surface area contributed by atoms with Crippen LogP contribution in [0.1, 0.15) is 12.8 Å². The molecule has 1 saturated heterocycles. The number of halogens is 3. The molecule has 7 heteroatoms. The van der Waals surface area contributed by atoms with Gasteiger partial charge in [0.15, 0.2) is 6.61 Å². The van der Waals surface area contributed by atoms with Crippen molar-refractivity contribution in [3.05, 3.63) is 23.8 Å². The van der Waals surface area contributed by atoms with Gasteiger partial charge in [-0.2, -0.15) is 13.2 Å². The van der Waals surface area contributed by atoms with Gasteiger partial charge in [-0.05, 0) is 12.8 Å². The maximum atomic E-state index is 13.2. The molecule has 2 rings (SSSR count). The van der Waals surface area contributed by atoms with Gasteiger partial charge in [-0.3, -0.25) is 0 Å². The third kappa shape index (κ3) is 1.79. The monoisotopic (exact) mass is 262 g/mol. The van der Waals surface area contributed by atoms with E-state index in [2.05, 4.69) is 9.47 Å². The summed E-state index contributed by atoms with van der Waals surface area (Å²) in [5, 5.41) is 0. The maximum absolute atomic E-state index is 13.2. The minimum atomic E-state index is -5.06. The van der Waals surface area contributed by atoms with Gasteiger partial charge >= 0.3 is 23.7 Å². The van der Waals surface area contributed by atoms with Crippen LogP contribution in [0.4, 0.5) is 13.2 Å². The lowest BCUT2D eigenvalue weighted by molar-refractivity contribution is -0.269. The highest BCUT2D eigenvalue weighted by Crippen LogP contribution is 2.43. The Balaban J connectivity index is 2.52. The Kier molecular flexibility index (Phi) is 2.92. The molecule has 18 heavy (non-hydrogen) atoms. The van der Waals surface area contributed by atoms with Crippen molar-refractivity contribution in [1.29, 1.82) is 0 Å². The second-order valence-corrected chi connectivity index (χ2v) is 3.87. The zero-order chi connectivity index (χ0) is 13.4. The van der Waals surface area contributed by atoms with Crippen molar-refractivity contribution in [3.8, 4) is 0 Å². The van der Waals surface area contributed by atoms with E-state index in [9.17, 15) is 22.8 Å². The van der Waals surface area contributed by atoms with Gasteiger partial charge in [0.2, 0.25) is 0 Å². The van der Waals surface area contributed by atoms with Crippen molar-refractivity contribution in [2.75, 3.05) is 6.61 Å². The standard InChI is InChI=1S/C11H9F3O4/c12-11(13,14)10(7-4-2-1-3-5-7)9(16)17-6-8(15)18-10/h2,4-5H,1,3,6H2. The summed E-state index contributed by atoms with van der Waals surface area (Å²) in [6.45, 7) is -0.798. The highest BCUT2D eigenvalue weighted by atomic mass is 19.4. The highest BCUT2D eigenvalue weighted by molar-refractivity contribution is 5.93. The maximum Gasteiger partial charge on any atom is 0.444 e. The molecule has 0 aromatic heterocycles. The fraction of sp³-hybridized carbons (Fsp3) is 0.455. The number of ether oxygens (including phenoxy) is 2. The average molecular weight is 262 g/mol. The molecule has 0 bridgehead atoms. The number of alkyl halides is 3. The Morgan fingerprint density at radius 3 is 2.50 bits per heavy atom. The summed E-state index contributed by atoms with van der Waals surface area (Å²) >= 11 is 0. The molecule has 4 nitrogen and oxygen atoms in total. The van der Waals surface area contributed by atoms with Crippen molar-refractivity contribution in [1.82, 2.24) is 0 Å². The zero-order valence-corrected chi connectivity index (χ0v) is 9.12. The van der Waals surface area contributed by atoms with Crippen LogP contribution in [-0.4, -0.2) is 30.3 Å². The second kappa shape index (κ2) is 4.15. The minimum absolute atomic E-state index is 0.342. The van der Waals surface area contributed by atoms with Crippen LogP contribution in [0.25, 0.3) is 0 Å². The van der Waals surface area contributed by atoms with Crippen LogP contribution >= 0.6 is 0 Å². The molecule has 1 heterocycles. The van der Waals surface area contributed by atoms with Crippen LogP contribution < -0.4 is 0 Å². The molecule has 1 atom stereocenters. The molecule has 0 aromatic carbocycles. The Labute approximate surface area is 100 Å². The molecule has 0 radical (unpaired) electrons. The molecule has 0 aromatic rings. The van der Waals surface area contributed by atoms with Gasteiger partial charge in [-0.15, -0.1) is 0 Å². The minimum Gasteiger partial charge on any atom is -0.450 e.